The van der Waals surface area contributed by atoms with E-state index in [1.807, 2.05) is 30.3 Å². The summed E-state index contributed by atoms with van der Waals surface area (Å²) >= 11 is 0. The number of hydrogen-bond donors (Lipinski definition) is 2. The summed E-state index contributed by atoms with van der Waals surface area (Å²) in [5, 5.41) is 15.7. The number of para-hydroxylation sites is 1. The maximum Gasteiger partial charge on any atom is 0.407 e. The number of rotatable bonds is 5. The summed E-state index contributed by atoms with van der Waals surface area (Å²) in [6.07, 6.45) is 2.69. The van der Waals surface area contributed by atoms with E-state index in [1.54, 1.807) is 12.1 Å². The lowest BCUT2D eigenvalue weighted by Crippen LogP contribution is -2.45. The van der Waals surface area contributed by atoms with E-state index >= 15 is 0 Å². The third kappa shape index (κ3) is 4.92. The van der Waals surface area contributed by atoms with Crippen molar-refractivity contribution in [2.24, 2.45) is 0 Å². The second-order valence-corrected chi connectivity index (χ2v) is 7.97. The molecule has 0 spiro atoms. The highest BCUT2D eigenvalue weighted by Gasteiger charge is 2.38. The zero-order valence-electron chi connectivity index (χ0n) is 16.9. The largest absolute Gasteiger partial charge is 0.487 e. The highest BCUT2D eigenvalue weighted by molar-refractivity contribution is 5.68. The molecule has 6 nitrogen and oxygen atoms in total. The van der Waals surface area contributed by atoms with Crippen LogP contribution in [0.15, 0.2) is 54.6 Å². The predicted octanol–water partition coefficient (Wildman–Crippen LogP) is 3.73. The number of piperidine rings is 1. The summed E-state index contributed by atoms with van der Waals surface area (Å²) in [4.78, 5) is 12.6. The number of nitrogens with one attached hydrogen (secondary N) is 2. The van der Waals surface area contributed by atoms with E-state index in [1.165, 1.54) is 5.56 Å². The molecular formula is C24H27N3O3. The van der Waals surface area contributed by atoms with E-state index in [2.05, 4.69) is 28.8 Å². The molecule has 156 valence electrons. The number of hydrogen-bond acceptors (Lipinski definition) is 5. The SMILES string of the molecule is N#Cc1ccccc1OC1CC(c2ccccc2)CC1NC(=O)OC1CCCNC1. The highest BCUT2D eigenvalue weighted by atomic mass is 16.6. The van der Waals surface area contributed by atoms with Gasteiger partial charge in [0.25, 0.3) is 0 Å². The van der Waals surface area contributed by atoms with Crippen LogP contribution in [0, 0.1) is 11.3 Å². The number of nitriles is 1. The van der Waals surface area contributed by atoms with Gasteiger partial charge in [0.15, 0.2) is 0 Å². The number of carbonyl (C=O) groups is 1. The second kappa shape index (κ2) is 9.64. The number of amides is 1. The zero-order chi connectivity index (χ0) is 20.8. The molecule has 0 aromatic heterocycles. The van der Waals surface area contributed by atoms with Gasteiger partial charge in [-0.1, -0.05) is 42.5 Å². The first-order chi connectivity index (χ1) is 14.7. The van der Waals surface area contributed by atoms with Crippen LogP contribution in [-0.2, 0) is 4.74 Å². The first kappa shape index (κ1) is 20.2. The van der Waals surface area contributed by atoms with Gasteiger partial charge in [-0.2, -0.15) is 5.26 Å². The molecule has 1 heterocycles. The molecule has 1 saturated carbocycles. The lowest BCUT2D eigenvalue weighted by atomic mass is 9.97. The third-order valence-corrected chi connectivity index (χ3v) is 5.89. The molecule has 2 N–H and O–H groups in total. The van der Waals surface area contributed by atoms with E-state index in [0.29, 0.717) is 17.9 Å². The average Bonchev–Trinajstić information content (AvgIpc) is 3.17. The van der Waals surface area contributed by atoms with Crippen molar-refractivity contribution in [1.82, 2.24) is 10.6 Å². The molecular weight excluding hydrogens is 378 g/mol. The van der Waals surface area contributed by atoms with Gasteiger partial charge in [0.1, 0.15) is 24.0 Å². The maximum absolute atomic E-state index is 12.6. The first-order valence-corrected chi connectivity index (χ1v) is 10.6. The third-order valence-electron chi connectivity index (χ3n) is 5.89. The van der Waals surface area contributed by atoms with E-state index in [4.69, 9.17) is 9.47 Å². The van der Waals surface area contributed by atoms with Crippen LogP contribution in [-0.4, -0.2) is 37.4 Å². The molecule has 4 unspecified atom stereocenters. The Balaban J connectivity index is 1.47. The molecule has 1 aliphatic heterocycles. The lowest BCUT2D eigenvalue weighted by Gasteiger charge is -2.26. The van der Waals surface area contributed by atoms with Crippen LogP contribution in [0.4, 0.5) is 4.79 Å². The quantitative estimate of drug-likeness (QED) is 0.792. The molecule has 2 aromatic rings. The number of benzene rings is 2. The fourth-order valence-electron chi connectivity index (χ4n) is 4.36. The van der Waals surface area contributed by atoms with Crippen molar-refractivity contribution in [2.75, 3.05) is 13.1 Å². The summed E-state index contributed by atoms with van der Waals surface area (Å²) in [6.45, 7) is 1.66. The summed E-state index contributed by atoms with van der Waals surface area (Å²) < 4.78 is 11.9. The Morgan fingerprint density at radius 2 is 1.90 bits per heavy atom. The van der Waals surface area contributed by atoms with Crippen molar-refractivity contribution < 1.29 is 14.3 Å². The molecule has 2 aliphatic rings. The monoisotopic (exact) mass is 405 g/mol. The number of ether oxygens (including phenoxy) is 2. The van der Waals surface area contributed by atoms with Crippen molar-refractivity contribution in [1.29, 1.82) is 5.26 Å². The topological polar surface area (TPSA) is 83.4 Å². The van der Waals surface area contributed by atoms with E-state index in [0.717, 1.165) is 32.2 Å². The summed E-state index contributed by atoms with van der Waals surface area (Å²) in [5.41, 5.74) is 1.73. The van der Waals surface area contributed by atoms with Crippen molar-refractivity contribution in [3.8, 4) is 11.8 Å². The smallest absolute Gasteiger partial charge is 0.407 e. The van der Waals surface area contributed by atoms with Crippen LogP contribution < -0.4 is 15.4 Å². The van der Waals surface area contributed by atoms with Crippen molar-refractivity contribution in [3.63, 3.8) is 0 Å². The first-order valence-electron chi connectivity index (χ1n) is 10.6. The fourth-order valence-corrected chi connectivity index (χ4v) is 4.36. The number of carbonyl (C=O) groups excluding carboxylic acids is 1. The molecule has 4 rings (SSSR count). The van der Waals surface area contributed by atoms with Crippen LogP contribution in [0.3, 0.4) is 0 Å². The average molecular weight is 405 g/mol. The van der Waals surface area contributed by atoms with Crippen LogP contribution >= 0.6 is 0 Å². The molecule has 1 aliphatic carbocycles. The molecule has 6 heteroatoms. The van der Waals surface area contributed by atoms with Crippen LogP contribution in [0.2, 0.25) is 0 Å². The van der Waals surface area contributed by atoms with Gasteiger partial charge < -0.3 is 20.1 Å². The fraction of sp³-hybridized carbons (Fsp3) is 0.417. The Morgan fingerprint density at radius 1 is 1.10 bits per heavy atom. The summed E-state index contributed by atoms with van der Waals surface area (Å²) in [5.74, 6) is 0.822. The molecule has 1 saturated heterocycles. The van der Waals surface area contributed by atoms with Crippen molar-refractivity contribution >= 4 is 6.09 Å². The molecule has 1 amide bonds. The second-order valence-electron chi connectivity index (χ2n) is 7.97. The zero-order valence-corrected chi connectivity index (χ0v) is 16.9. The van der Waals surface area contributed by atoms with E-state index in [-0.39, 0.29) is 24.2 Å². The van der Waals surface area contributed by atoms with Gasteiger partial charge in [0.2, 0.25) is 0 Å². The molecule has 2 fully saturated rings. The van der Waals surface area contributed by atoms with Crippen LogP contribution in [0.1, 0.15) is 42.7 Å². The van der Waals surface area contributed by atoms with Gasteiger partial charge in [-0.25, -0.2) is 4.79 Å². The maximum atomic E-state index is 12.6. The van der Waals surface area contributed by atoms with Crippen molar-refractivity contribution in [3.05, 3.63) is 65.7 Å². The molecule has 4 atom stereocenters. The van der Waals surface area contributed by atoms with Crippen molar-refractivity contribution in [2.45, 2.75) is 49.9 Å². The predicted molar refractivity (Wildman–Crippen MR) is 113 cm³/mol. The summed E-state index contributed by atoms with van der Waals surface area (Å²) in [7, 11) is 0. The normalized spacial score (nSPS) is 25.8. The highest BCUT2D eigenvalue weighted by Crippen LogP contribution is 2.37. The Kier molecular flexibility index (Phi) is 6.50. The van der Waals surface area contributed by atoms with Gasteiger partial charge in [0, 0.05) is 6.54 Å². The molecule has 2 aromatic carbocycles. The number of nitrogens with zero attached hydrogens (tertiary/aromatic N) is 1. The van der Waals surface area contributed by atoms with Gasteiger partial charge in [-0.15, -0.1) is 0 Å². The minimum Gasteiger partial charge on any atom is -0.487 e. The van der Waals surface area contributed by atoms with Crippen LogP contribution in [0.25, 0.3) is 0 Å². The summed E-state index contributed by atoms with van der Waals surface area (Å²) in [6, 6.07) is 19.5. The molecule has 30 heavy (non-hydrogen) atoms. The van der Waals surface area contributed by atoms with Gasteiger partial charge >= 0.3 is 6.09 Å². The minimum absolute atomic E-state index is 0.0937. The Morgan fingerprint density at radius 3 is 2.67 bits per heavy atom. The Bertz CT molecular complexity index is 890. The van der Waals surface area contributed by atoms with E-state index < -0.39 is 6.09 Å². The van der Waals surface area contributed by atoms with Gasteiger partial charge in [-0.3, -0.25) is 0 Å². The lowest BCUT2D eigenvalue weighted by molar-refractivity contribution is 0.0741. The van der Waals surface area contributed by atoms with Gasteiger partial charge in [-0.05, 0) is 55.8 Å². The molecule has 0 radical (unpaired) electrons. The number of alkyl carbamates (subject to hydrolysis) is 1. The van der Waals surface area contributed by atoms with Gasteiger partial charge in [0.05, 0.1) is 11.6 Å². The molecule has 0 bridgehead atoms. The van der Waals surface area contributed by atoms with E-state index in [9.17, 15) is 10.1 Å². The Hall–Kier alpha value is -3.04. The van der Waals surface area contributed by atoms with Crippen LogP contribution in [0.5, 0.6) is 5.75 Å². The standard InChI is InChI=1S/C24H27N3O3/c25-15-18-9-4-5-11-22(18)30-23-14-19(17-7-2-1-3-8-17)13-21(23)27-24(28)29-20-10-6-12-26-16-20/h1-5,7-9,11,19-21,23,26H,6,10,12-14,16H2,(H,27,28). The minimum atomic E-state index is -0.399. The Labute approximate surface area is 177 Å².